The van der Waals surface area contributed by atoms with Crippen molar-refractivity contribution in [3.05, 3.63) is 175 Å². The highest BCUT2D eigenvalue weighted by Gasteiger charge is 2.35. The second-order valence-electron chi connectivity index (χ2n) is 14.5. The number of hydrogen-bond donors (Lipinski definition) is 0. The van der Waals surface area contributed by atoms with Gasteiger partial charge in [0.2, 0.25) is 5.95 Å². The van der Waals surface area contributed by atoms with Gasteiger partial charge in [0, 0.05) is 43.8 Å². The van der Waals surface area contributed by atoms with Gasteiger partial charge in [-0.2, -0.15) is 9.97 Å². The Morgan fingerprint density at radius 2 is 0.943 bits per heavy atom. The van der Waals surface area contributed by atoms with Gasteiger partial charge in [-0.15, -0.1) is 0 Å². The average Bonchev–Trinajstić information content (AvgIpc) is 3.80. The molecule has 0 fully saturated rings. The Kier molecular flexibility index (Phi) is 6.23. The molecular weight excluding hydrogens is 647 g/mol. The van der Waals surface area contributed by atoms with Gasteiger partial charge in [-0.3, -0.25) is 4.57 Å². The Morgan fingerprint density at radius 3 is 1.66 bits per heavy atom. The second-order valence-corrected chi connectivity index (χ2v) is 14.5. The highest BCUT2D eigenvalue weighted by molar-refractivity contribution is 6.18. The van der Waals surface area contributed by atoms with Crippen LogP contribution in [0.25, 0.3) is 89.2 Å². The molecule has 0 saturated carbocycles. The summed E-state index contributed by atoms with van der Waals surface area (Å²) in [6, 6.07) is 58.2. The Hall–Kier alpha value is -6.85. The molecule has 5 heteroatoms. The lowest BCUT2D eigenvalue weighted by Gasteiger charge is -2.21. The van der Waals surface area contributed by atoms with Crippen molar-refractivity contribution in [1.82, 2.24) is 24.1 Å². The molecule has 7 aromatic carbocycles. The minimum Gasteiger partial charge on any atom is -0.309 e. The molecule has 0 radical (unpaired) electrons. The molecule has 1 aliphatic carbocycles. The van der Waals surface area contributed by atoms with Gasteiger partial charge in [-0.05, 0) is 64.7 Å². The largest absolute Gasteiger partial charge is 0.309 e. The lowest BCUT2D eigenvalue weighted by Crippen LogP contribution is -2.15. The summed E-state index contributed by atoms with van der Waals surface area (Å²) in [7, 11) is 0. The highest BCUT2D eigenvalue weighted by Crippen LogP contribution is 2.49. The number of nitrogens with zero attached hydrogens (tertiary/aromatic N) is 5. The van der Waals surface area contributed by atoms with Crippen molar-refractivity contribution in [2.24, 2.45) is 0 Å². The van der Waals surface area contributed by atoms with Crippen molar-refractivity contribution in [1.29, 1.82) is 0 Å². The predicted octanol–water partition coefficient (Wildman–Crippen LogP) is 11.7. The first-order valence-electron chi connectivity index (χ1n) is 18.1. The van der Waals surface area contributed by atoms with Crippen molar-refractivity contribution in [2.75, 3.05) is 0 Å². The molecule has 0 N–H and O–H groups in total. The van der Waals surface area contributed by atoms with E-state index in [2.05, 4.69) is 169 Å². The maximum Gasteiger partial charge on any atom is 0.238 e. The Balaban J connectivity index is 1.19. The molecule has 0 unspecified atom stereocenters. The fourth-order valence-electron chi connectivity index (χ4n) is 8.65. The zero-order valence-electron chi connectivity index (χ0n) is 29.3. The summed E-state index contributed by atoms with van der Waals surface area (Å²) in [6.45, 7) is 4.62. The zero-order chi connectivity index (χ0) is 35.3. The summed E-state index contributed by atoms with van der Waals surface area (Å²) >= 11 is 0. The maximum atomic E-state index is 5.32. The molecule has 0 saturated heterocycles. The molecule has 3 heterocycles. The van der Waals surface area contributed by atoms with E-state index in [-0.39, 0.29) is 5.41 Å². The van der Waals surface area contributed by atoms with Crippen molar-refractivity contribution in [3.63, 3.8) is 0 Å². The van der Waals surface area contributed by atoms with Gasteiger partial charge in [0.05, 0.1) is 22.1 Å². The van der Waals surface area contributed by atoms with Crippen LogP contribution in [0.1, 0.15) is 25.0 Å². The molecule has 10 aromatic rings. The predicted molar refractivity (Wildman–Crippen MR) is 217 cm³/mol. The van der Waals surface area contributed by atoms with Gasteiger partial charge in [0.1, 0.15) is 0 Å². The van der Waals surface area contributed by atoms with E-state index in [9.17, 15) is 0 Å². The number of rotatable bonds is 4. The van der Waals surface area contributed by atoms with Gasteiger partial charge < -0.3 is 4.57 Å². The van der Waals surface area contributed by atoms with Crippen molar-refractivity contribution in [2.45, 2.75) is 19.3 Å². The molecule has 0 atom stereocenters. The van der Waals surface area contributed by atoms with E-state index < -0.39 is 0 Å². The normalized spacial score (nSPS) is 13.2. The SMILES string of the molecule is CC1(C)c2ccccc2-c2ccc(-c3nc(-c4ccccc4)nc(-n4c5ccccc5c5cc6c(cc54)c4ccccc4n6-c4ccccc4)n3)cc21. The first kappa shape index (κ1) is 29.8. The summed E-state index contributed by atoms with van der Waals surface area (Å²) in [5, 5.41) is 4.68. The van der Waals surface area contributed by atoms with Crippen LogP contribution in [0.15, 0.2) is 164 Å². The molecular formula is C48H33N5. The van der Waals surface area contributed by atoms with Crippen LogP contribution in [0.4, 0.5) is 0 Å². The van der Waals surface area contributed by atoms with E-state index in [1.54, 1.807) is 0 Å². The van der Waals surface area contributed by atoms with E-state index in [0.29, 0.717) is 17.6 Å². The van der Waals surface area contributed by atoms with Crippen molar-refractivity contribution in [3.8, 4) is 45.5 Å². The molecule has 11 rings (SSSR count). The quantitative estimate of drug-likeness (QED) is 0.186. The fourth-order valence-corrected chi connectivity index (χ4v) is 8.65. The van der Waals surface area contributed by atoms with Crippen LogP contribution in [0, 0.1) is 0 Å². The minimum atomic E-state index is -0.142. The van der Waals surface area contributed by atoms with E-state index in [0.717, 1.165) is 44.1 Å². The smallest absolute Gasteiger partial charge is 0.238 e. The molecule has 0 amide bonds. The summed E-state index contributed by atoms with van der Waals surface area (Å²) in [5.41, 5.74) is 12.5. The van der Waals surface area contributed by atoms with Gasteiger partial charge in [0.25, 0.3) is 0 Å². The monoisotopic (exact) mass is 679 g/mol. The molecule has 1 aliphatic rings. The van der Waals surface area contributed by atoms with Gasteiger partial charge in [-0.25, -0.2) is 4.98 Å². The van der Waals surface area contributed by atoms with Crippen LogP contribution < -0.4 is 0 Å². The molecule has 5 nitrogen and oxygen atoms in total. The minimum absolute atomic E-state index is 0.142. The lowest BCUT2D eigenvalue weighted by molar-refractivity contribution is 0.660. The topological polar surface area (TPSA) is 48.5 Å². The van der Waals surface area contributed by atoms with E-state index in [1.807, 2.05) is 18.2 Å². The molecule has 0 aliphatic heterocycles. The third-order valence-corrected chi connectivity index (χ3v) is 11.2. The summed E-state index contributed by atoms with van der Waals surface area (Å²) in [4.78, 5) is 15.7. The Bertz CT molecular complexity index is 3080. The van der Waals surface area contributed by atoms with Gasteiger partial charge in [0.15, 0.2) is 11.6 Å². The number of hydrogen-bond acceptors (Lipinski definition) is 3. The Labute approximate surface area is 306 Å². The maximum absolute atomic E-state index is 5.32. The molecule has 250 valence electrons. The van der Waals surface area contributed by atoms with E-state index >= 15 is 0 Å². The third kappa shape index (κ3) is 4.34. The zero-order valence-corrected chi connectivity index (χ0v) is 29.3. The summed E-state index contributed by atoms with van der Waals surface area (Å²) < 4.78 is 4.60. The van der Waals surface area contributed by atoms with Crippen molar-refractivity contribution < 1.29 is 0 Å². The Morgan fingerprint density at radius 1 is 0.396 bits per heavy atom. The van der Waals surface area contributed by atoms with E-state index in [4.69, 9.17) is 15.0 Å². The first-order valence-corrected chi connectivity index (χ1v) is 18.1. The second kappa shape index (κ2) is 11.1. The molecule has 0 bridgehead atoms. The van der Waals surface area contributed by atoms with Gasteiger partial charge >= 0.3 is 0 Å². The fraction of sp³-hybridized carbons (Fsp3) is 0.0625. The summed E-state index contributed by atoms with van der Waals surface area (Å²) in [5.74, 6) is 1.88. The third-order valence-electron chi connectivity index (χ3n) is 11.2. The van der Waals surface area contributed by atoms with Crippen LogP contribution in [0.3, 0.4) is 0 Å². The molecule has 3 aromatic heterocycles. The van der Waals surface area contributed by atoms with Crippen LogP contribution in [0.2, 0.25) is 0 Å². The standard InChI is InChI=1S/C48H33N5/c1-48(2)39-22-12-9-19-33(39)34-26-25-31(27-40(34)48)46-49-45(30-15-5-3-6-16-30)50-47(51-46)53-42-24-14-11-21-36(42)38-28-43-37(29-44(38)53)35-20-10-13-23-41(35)52(43)32-17-7-4-8-18-32/h3-29H,1-2H3. The van der Waals surface area contributed by atoms with Gasteiger partial charge in [-0.1, -0.05) is 135 Å². The van der Waals surface area contributed by atoms with Crippen LogP contribution in [-0.4, -0.2) is 24.1 Å². The summed E-state index contributed by atoms with van der Waals surface area (Å²) in [6.07, 6.45) is 0. The number of benzene rings is 7. The first-order chi connectivity index (χ1) is 26.0. The van der Waals surface area contributed by atoms with Crippen LogP contribution in [0.5, 0.6) is 0 Å². The number of para-hydroxylation sites is 3. The number of fused-ring (bicyclic) bond motifs is 9. The highest BCUT2D eigenvalue weighted by atomic mass is 15.2. The molecule has 0 spiro atoms. The molecule has 53 heavy (non-hydrogen) atoms. The average molecular weight is 680 g/mol. The lowest BCUT2D eigenvalue weighted by atomic mass is 9.82. The van der Waals surface area contributed by atoms with Crippen molar-refractivity contribution >= 4 is 43.6 Å². The van der Waals surface area contributed by atoms with E-state index in [1.165, 1.54) is 38.5 Å². The number of aromatic nitrogens is 5. The van der Waals surface area contributed by atoms with Crippen LogP contribution >= 0.6 is 0 Å². The van der Waals surface area contributed by atoms with Crippen LogP contribution in [-0.2, 0) is 5.41 Å².